The highest BCUT2D eigenvalue weighted by atomic mass is 16.4. The summed E-state index contributed by atoms with van der Waals surface area (Å²) in [5, 5.41) is 13.6. The maximum Gasteiger partial charge on any atom is 0.407 e. The second-order valence-corrected chi connectivity index (χ2v) is 6.84. The molecule has 0 radical (unpaired) electrons. The fourth-order valence-electron chi connectivity index (χ4n) is 3.83. The summed E-state index contributed by atoms with van der Waals surface area (Å²) in [7, 11) is 0. The van der Waals surface area contributed by atoms with Crippen LogP contribution in [0.5, 0.6) is 0 Å². The van der Waals surface area contributed by atoms with Crippen LogP contribution in [-0.4, -0.2) is 58.3 Å². The summed E-state index contributed by atoms with van der Waals surface area (Å²) >= 11 is 0. The van der Waals surface area contributed by atoms with Gasteiger partial charge in [0.25, 0.3) is 0 Å². The molecule has 1 unspecified atom stereocenters. The zero-order valence-electron chi connectivity index (χ0n) is 14.8. The van der Waals surface area contributed by atoms with Crippen LogP contribution in [0, 0.1) is 0 Å². The number of amides is 1. The average molecular weight is 379 g/mol. The SMILES string of the molecule is O=C(O)N1CCCC(n2c(=O)[nH]c3cnc(-c4cnn5ccccc45)nc32)C1. The molecule has 1 saturated heterocycles. The van der Waals surface area contributed by atoms with Gasteiger partial charge >= 0.3 is 11.8 Å². The molecule has 0 aliphatic carbocycles. The molecule has 1 aliphatic rings. The van der Waals surface area contributed by atoms with Crippen molar-refractivity contribution < 1.29 is 9.90 Å². The lowest BCUT2D eigenvalue weighted by molar-refractivity contribution is 0.121. The molecule has 142 valence electrons. The van der Waals surface area contributed by atoms with Crippen LogP contribution in [-0.2, 0) is 0 Å². The van der Waals surface area contributed by atoms with Crippen molar-refractivity contribution in [3.05, 3.63) is 47.3 Å². The summed E-state index contributed by atoms with van der Waals surface area (Å²) in [5.41, 5.74) is 2.32. The molecule has 0 saturated carbocycles. The predicted octanol–water partition coefficient (Wildman–Crippen LogP) is 1.75. The zero-order valence-corrected chi connectivity index (χ0v) is 14.8. The van der Waals surface area contributed by atoms with Crippen molar-refractivity contribution >= 4 is 22.8 Å². The van der Waals surface area contributed by atoms with Crippen LogP contribution < -0.4 is 5.69 Å². The quantitative estimate of drug-likeness (QED) is 0.547. The molecule has 2 N–H and O–H groups in total. The number of rotatable bonds is 2. The van der Waals surface area contributed by atoms with E-state index in [9.17, 15) is 14.7 Å². The van der Waals surface area contributed by atoms with E-state index in [1.165, 1.54) is 4.90 Å². The van der Waals surface area contributed by atoms with E-state index in [-0.39, 0.29) is 18.3 Å². The van der Waals surface area contributed by atoms with Crippen LogP contribution in [0.15, 0.2) is 41.6 Å². The Morgan fingerprint density at radius 2 is 2.18 bits per heavy atom. The minimum atomic E-state index is -0.973. The molecule has 1 amide bonds. The summed E-state index contributed by atoms with van der Waals surface area (Å²) in [5.74, 6) is 0.465. The Bertz CT molecular complexity index is 1260. The van der Waals surface area contributed by atoms with Gasteiger partial charge in [-0.05, 0) is 25.0 Å². The van der Waals surface area contributed by atoms with Crippen LogP contribution in [0.2, 0.25) is 0 Å². The van der Waals surface area contributed by atoms with Crippen LogP contribution in [0.4, 0.5) is 4.79 Å². The minimum Gasteiger partial charge on any atom is -0.465 e. The number of nitrogens with one attached hydrogen (secondary N) is 1. The van der Waals surface area contributed by atoms with Gasteiger partial charge in [-0.25, -0.2) is 24.1 Å². The predicted molar refractivity (Wildman–Crippen MR) is 100 cm³/mol. The van der Waals surface area contributed by atoms with E-state index in [2.05, 4.69) is 20.1 Å². The number of imidazole rings is 1. The van der Waals surface area contributed by atoms with Gasteiger partial charge in [0.2, 0.25) is 0 Å². The number of hydrogen-bond donors (Lipinski definition) is 2. The fraction of sp³-hybridized carbons (Fsp3) is 0.278. The van der Waals surface area contributed by atoms with Crippen molar-refractivity contribution in [2.45, 2.75) is 18.9 Å². The highest BCUT2D eigenvalue weighted by molar-refractivity contribution is 5.79. The number of hydrogen-bond acceptors (Lipinski definition) is 5. The second-order valence-electron chi connectivity index (χ2n) is 6.84. The van der Waals surface area contributed by atoms with Crippen molar-refractivity contribution in [3.63, 3.8) is 0 Å². The number of aromatic nitrogens is 6. The van der Waals surface area contributed by atoms with Crippen LogP contribution in [0.25, 0.3) is 28.1 Å². The first-order valence-corrected chi connectivity index (χ1v) is 8.99. The molecule has 4 aromatic heterocycles. The number of fused-ring (bicyclic) bond motifs is 2. The molecule has 1 aliphatic heterocycles. The second kappa shape index (κ2) is 6.19. The van der Waals surface area contributed by atoms with Crippen LogP contribution in [0.3, 0.4) is 0 Å². The summed E-state index contributed by atoms with van der Waals surface area (Å²) in [6, 6.07) is 5.45. The van der Waals surface area contributed by atoms with E-state index in [1.54, 1.807) is 21.5 Å². The third-order valence-electron chi connectivity index (χ3n) is 5.16. The molecule has 5 rings (SSSR count). The number of H-pyrrole nitrogens is 1. The Labute approximate surface area is 158 Å². The largest absolute Gasteiger partial charge is 0.465 e. The molecule has 28 heavy (non-hydrogen) atoms. The number of carbonyl (C=O) groups is 1. The zero-order chi connectivity index (χ0) is 19.3. The van der Waals surface area contributed by atoms with Gasteiger partial charge in [-0.15, -0.1) is 0 Å². The van der Waals surface area contributed by atoms with Crippen molar-refractivity contribution in [2.24, 2.45) is 0 Å². The first kappa shape index (κ1) is 16.5. The smallest absolute Gasteiger partial charge is 0.407 e. The summed E-state index contributed by atoms with van der Waals surface area (Å²) < 4.78 is 3.29. The Kier molecular flexibility index (Phi) is 3.64. The molecule has 0 spiro atoms. The monoisotopic (exact) mass is 379 g/mol. The molecule has 5 heterocycles. The normalized spacial score (nSPS) is 17.4. The molecular formula is C18H17N7O3. The number of likely N-dealkylation sites (tertiary alicyclic amines) is 1. The lowest BCUT2D eigenvalue weighted by Gasteiger charge is -2.31. The number of piperidine rings is 1. The highest BCUT2D eigenvalue weighted by Gasteiger charge is 2.27. The van der Waals surface area contributed by atoms with Crippen molar-refractivity contribution in [2.75, 3.05) is 13.1 Å². The van der Waals surface area contributed by atoms with Gasteiger partial charge in [0.1, 0.15) is 5.52 Å². The van der Waals surface area contributed by atoms with E-state index in [4.69, 9.17) is 0 Å². The van der Waals surface area contributed by atoms with E-state index in [0.717, 1.165) is 11.1 Å². The third kappa shape index (κ3) is 2.53. The average Bonchev–Trinajstić information content (AvgIpc) is 3.27. The number of pyridine rings is 1. The molecule has 10 heteroatoms. The Hall–Kier alpha value is -3.69. The van der Waals surface area contributed by atoms with E-state index < -0.39 is 6.09 Å². The molecule has 1 atom stereocenters. The van der Waals surface area contributed by atoms with E-state index in [0.29, 0.717) is 36.4 Å². The van der Waals surface area contributed by atoms with Gasteiger partial charge < -0.3 is 15.0 Å². The molecular weight excluding hydrogens is 362 g/mol. The molecule has 0 aromatic carbocycles. The maximum absolute atomic E-state index is 12.6. The van der Waals surface area contributed by atoms with Crippen molar-refractivity contribution in [1.82, 2.24) is 34.0 Å². The third-order valence-corrected chi connectivity index (χ3v) is 5.16. The molecule has 1 fully saturated rings. The summed E-state index contributed by atoms with van der Waals surface area (Å²) in [6.45, 7) is 0.740. The molecule has 0 bridgehead atoms. The topological polar surface area (TPSA) is 121 Å². The van der Waals surface area contributed by atoms with Gasteiger partial charge in [-0.1, -0.05) is 6.07 Å². The lowest BCUT2D eigenvalue weighted by atomic mass is 10.1. The molecule has 4 aromatic rings. The van der Waals surface area contributed by atoms with Gasteiger partial charge in [0.05, 0.1) is 29.5 Å². The molecule has 10 nitrogen and oxygen atoms in total. The summed E-state index contributed by atoms with van der Waals surface area (Å²) in [6.07, 6.45) is 5.55. The number of carboxylic acid groups (broad SMARTS) is 1. The highest BCUT2D eigenvalue weighted by Crippen LogP contribution is 2.26. The van der Waals surface area contributed by atoms with Crippen LogP contribution >= 0.6 is 0 Å². The number of aromatic amines is 1. The maximum atomic E-state index is 12.6. The van der Waals surface area contributed by atoms with Gasteiger partial charge in [-0.2, -0.15) is 5.10 Å². The van der Waals surface area contributed by atoms with E-state index >= 15 is 0 Å². The Morgan fingerprint density at radius 1 is 1.29 bits per heavy atom. The Balaban J connectivity index is 1.63. The fourth-order valence-corrected chi connectivity index (χ4v) is 3.83. The van der Waals surface area contributed by atoms with Crippen molar-refractivity contribution in [3.8, 4) is 11.4 Å². The Morgan fingerprint density at radius 3 is 3.04 bits per heavy atom. The number of nitrogens with zero attached hydrogens (tertiary/aromatic N) is 6. The van der Waals surface area contributed by atoms with Crippen molar-refractivity contribution in [1.29, 1.82) is 0 Å². The lowest BCUT2D eigenvalue weighted by Crippen LogP contribution is -2.41. The minimum absolute atomic E-state index is 0.262. The standard InChI is InChI=1S/C18H17N7O3/c26-17-21-13-9-19-15(12-8-20-24-7-2-1-5-14(12)24)22-16(13)25(17)11-4-3-6-23(10-11)18(27)28/h1-2,5,7-9,11H,3-4,6,10H2,(H,21,26)(H,27,28). The first-order valence-electron chi connectivity index (χ1n) is 8.99. The van der Waals surface area contributed by atoms with Gasteiger partial charge in [0, 0.05) is 19.3 Å². The van der Waals surface area contributed by atoms with Crippen LogP contribution in [0.1, 0.15) is 18.9 Å². The van der Waals surface area contributed by atoms with Gasteiger partial charge in [-0.3, -0.25) is 4.57 Å². The first-order chi connectivity index (χ1) is 13.6. The summed E-state index contributed by atoms with van der Waals surface area (Å²) in [4.78, 5) is 37.1. The van der Waals surface area contributed by atoms with E-state index in [1.807, 2.05) is 24.4 Å². The van der Waals surface area contributed by atoms with Gasteiger partial charge in [0.15, 0.2) is 11.5 Å².